The Kier molecular flexibility index (Phi) is 4.47. The predicted octanol–water partition coefficient (Wildman–Crippen LogP) is 4.15. The first-order chi connectivity index (χ1) is 12.9. The maximum atomic E-state index is 13.0. The van der Waals surface area contributed by atoms with Crippen LogP contribution in [0.15, 0.2) is 48.8 Å². The molecule has 0 amide bonds. The maximum Gasteiger partial charge on any atom is 0.416 e. The van der Waals surface area contributed by atoms with Crippen molar-refractivity contribution in [2.45, 2.75) is 32.6 Å². The summed E-state index contributed by atoms with van der Waals surface area (Å²) in [6, 6.07) is 9.23. The fraction of sp³-hybridized carbons (Fsp3) is 0.300. The van der Waals surface area contributed by atoms with Crippen molar-refractivity contribution in [2.24, 2.45) is 0 Å². The van der Waals surface area contributed by atoms with Gasteiger partial charge in [-0.15, -0.1) is 0 Å². The standard InChI is InChI=1S/C20H19F3N4/c1-14-24-11-15-12-26(9-7-19(15)25-14)13-18-6-3-8-27(18)17-5-2-4-16(10-17)20(21,22)23/h2-6,8,10-11H,7,9,12-13H2,1H3. The lowest BCUT2D eigenvalue weighted by Gasteiger charge is -2.28. The molecule has 0 saturated carbocycles. The number of alkyl halides is 3. The van der Waals surface area contributed by atoms with Crippen LogP contribution >= 0.6 is 0 Å². The zero-order valence-corrected chi connectivity index (χ0v) is 14.9. The van der Waals surface area contributed by atoms with Crippen molar-refractivity contribution in [1.29, 1.82) is 0 Å². The van der Waals surface area contributed by atoms with E-state index in [1.165, 1.54) is 12.1 Å². The molecule has 1 aliphatic rings. The molecule has 3 heterocycles. The van der Waals surface area contributed by atoms with Crippen molar-refractivity contribution in [3.8, 4) is 5.69 Å². The lowest BCUT2D eigenvalue weighted by molar-refractivity contribution is -0.137. The topological polar surface area (TPSA) is 34.0 Å². The van der Waals surface area contributed by atoms with Gasteiger partial charge in [0.05, 0.1) is 5.56 Å². The summed E-state index contributed by atoms with van der Waals surface area (Å²) in [6.07, 6.45) is 0.172. The summed E-state index contributed by atoms with van der Waals surface area (Å²) in [4.78, 5) is 11.0. The molecule has 0 bridgehead atoms. The molecule has 0 saturated heterocycles. The zero-order chi connectivity index (χ0) is 19.0. The molecule has 27 heavy (non-hydrogen) atoms. The summed E-state index contributed by atoms with van der Waals surface area (Å²) in [5.74, 6) is 0.778. The van der Waals surface area contributed by atoms with Crippen LogP contribution in [0.3, 0.4) is 0 Å². The minimum atomic E-state index is -4.35. The quantitative estimate of drug-likeness (QED) is 0.693. The lowest BCUT2D eigenvalue weighted by atomic mass is 10.1. The highest BCUT2D eigenvalue weighted by molar-refractivity contribution is 5.39. The van der Waals surface area contributed by atoms with Crippen LogP contribution in [0.5, 0.6) is 0 Å². The van der Waals surface area contributed by atoms with E-state index in [9.17, 15) is 13.2 Å². The van der Waals surface area contributed by atoms with Gasteiger partial charge in [0.25, 0.3) is 0 Å². The number of halogens is 3. The van der Waals surface area contributed by atoms with Gasteiger partial charge in [0.1, 0.15) is 5.82 Å². The normalized spacial score (nSPS) is 15.0. The van der Waals surface area contributed by atoms with Crippen molar-refractivity contribution in [2.75, 3.05) is 6.54 Å². The summed E-state index contributed by atoms with van der Waals surface area (Å²) in [5, 5.41) is 0. The second-order valence-electron chi connectivity index (χ2n) is 6.77. The van der Waals surface area contributed by atoms with Gasteiger partial charge in [-0.3, -0.25) is 4.90 Å². The highest BCUT2D eigenvalue weighted by Crippen LogP contribution is 2.31. The van der Waals surface area contributed by atoms with Crippen LogP contribution in [-0.2, 0) is 25.7 Å². The van der Waals surface area contributed by atoms with Crippen LogP contribution in [0.1, 0.15) is 28.3 Å². The van der Waals surface area contributed by atoms with Gasteiger partial charge in [0.2, 0.25) is 0 Å². The first kappa shape index (κ1) is 17.7. The molecule has 0 aliphatic carbocycles. The number of hydrogen-bond donors (Lipinski definition) is 0. The van der Waals surface area contributed by atoms with Gasteiger partial charge >= 0.3 is 6.18 Å². The van der Waals surface area contributed by atoms with Crippen molar-refractivity contribution in [3.63, 3.8) is 0 Å². The fourth-order valence-electron chi connectivity index (χ4n) is 3.47. The molecule has 0 spiro atoms. The Labute approximate surface area is 155 Å². The van der Waals surface area contributed by atoms with E-state index in [0.717, 1.165) is 48.4 Å². The fourth-order valence-corrected chi connectivity index (χ4v) is 3.47. The Morgan fingerprint density at radius 2 is 2.00 bits per heavy atom. The van der Waals surface area contributed by atoms with Crippen LogP contribution < -0.4 is 0 Å². The van der Waals surface area contributed by atoms with E-state index >= 15 is 0 Å². The van der Waals surface area contributed by atoms with Crippen molar-refractivity contribution >= 4 is 0 Å². The third-order valence-electron chi connectivity index (χ3n) is 4.80. The van der Waals surface area contributed by atoms with Gasteiger partial charge < -0.3 is 4.57 Å². The third kappa shape index (κ3) is 3.73. The van der Waals surface area contributed by atoms with Gasteiger partial charge in [0.15, 0.2) is 0 Å². The van der Waals surface area contributed by atoms with E-state index in [-0.39, 0.29) is 0 Å². The third-order valence-corrected chi connectivity index (χ3v) is 4.80. The monoisotopic (exact) mass is 372 g/mol. The van der Waals surface area contributed by atoms with Gasteiger partial charge in [0, 0.05) is 61.1 Å². The van der Waals surface area contributed by atoms with Crippen LogP contribution in [-0.4, -0.2) is 26.0 Å². The predicted molar refractivity (Wildman–Crippen MR) is 95.4 cm³/mol. The smallest absolute Gasteiger partial charge is 0.320 e. The molecule has 1 aromatic carbocycles. The van der Waals surface area contributed by atoms with Gasteiger partial charge in [-0.1, -0.05) is 6.07 Å². The summed E-state index contributed by atoms with van der Waals surface area (Å²) >= 11 is 0. The second kappa shape index (κ2) is 6.81. The maximum absolute atomic E-state index is 13.0. The average Bonchev–Trinajstić information content (AvgIpc) is 3.09. The van der Waals surface area contributed by atoms with Crippen molar-refractivity contribution < 1.29 is 13.2 Å². The summed E-state index contributed by atoms with van der Waals surface area (Å²) in [5.41, 5.74) is 3.03. The Morgan fingerprint density at radius 1 is 1.15 bits per heavy atom. The largest absolute Gasteiger partial charge is 0.416 e. The Bertz CT molecular complexity index is 962. The molecule has 4 nitrogen and oxygen atoms in total. The van der Waals surface area contributed by atoms with Crippen LogP contribution in [0, 0.1) is 6.92 Å². The number of benzene rings is 1. The van der Waals surface area contributed by atoms with Gasteiger partial charge in [-0.25, -0.2) is 9.97 Å². The lowest BCUT2D eigenvalue weighted by Crippen LogP contribution is -2.31. The molecule has 1 aliphatic heterocycles. The summed E-state index contributed by atoms with van der Waals surface area (Å²) in [7, 11) is 0. The first-order valence-corrected chi connectivity index (χ1v) is 8.78. The first-order valence-electron chi connectivity index (χ1n) is 8.78. The minimum absolute atomic E-state index is 0.515. The number of rotatable bonds is 3. The molecule has 7 heteroatoms. The van der Waals surface area contributed by atoms with E-state index in [1.54, 1.807) is 12.3 Å². The molecular weight excluding hydrogens is 353 g/mol. The zero-order valence-electron chi connectivity index (χ0n) is 14.9. The van der Waals surface area contributed by atoms with Crippen LogP contribution in [0.25, 0.3) is 5.69 Å². The van der Waals surface area contributed by atoms with E-state index in [2.05, 4.69) is 14.9 Å². The molecule has 0 atom stereocenters. The van der Waals surface area contributed by atoms with Gasteiger partial charge in [-0.05, 0) is 37.3 Å². The number of fused-ring (bicyclic) bond motifs is 1. The molecule has 4 rings (SSSR count). The van der Waals surface area contributed by atoms with Crippen molar-refractivity contribution in [1.82, 2.24) is 19.4 Å². The van der Waals surface area contributed by atoms with E-state index in [0.29, 0.717) is 12.2 Å². The second-order valence-corrected chi connectivity index (χ2v) is 6.77. The molecule has 0 radical (unpaired) electrons. The Balaban J connectivity index is 1.56. The molecule has 140 valence electrons. The van der Waals surface area contributed by atoms with E-state index < -0.39 is 11.7 Å². The SMILES string of the molecule is Cc1ncc2c(n1)CCN(Cc1cccn1-c1cccc(C(F)(F)F)c1)C2. The molecule has 0 fully saturated rings. The molecule has 0 unspecified atom stereocenters. The van der Waals surface area contributed by atoms with Crippen LogP contribution in [0.4, 0.5) is 13.2 Å². The highest BCUT2D eigenvalue weighted by Gasteiger charge is 2.30. The average molecular weight is 372 g/mol. The summed E-state index contributed by atoms with van der Waals surface area (Å²) in [6.45, 7) is 4.13. The van der Waals surface area contributed by atoms with Crippen molar-refractivity contribution in [3.05, 3.63) is 77.1 Å². The van der Waals surface area contributed by atoms with Gasteiger partial charge in [-0.2, -0.15) is 13.2 Å². The number of hydrogen-bond acceptors (Lipinski definition) is 3. The molecule has 3 aromatic rings. The number of aryl methyl sites for hydroxylation is 1. The van der Waals surface area contributed by atoms with E-state index in [1.807, 2.05) is 29.8 Å². The molecule has 0 N–H and O–H groups in total. The highest BCUT2D eigenvalue weighted by atomic mass is 19.4. The minimum Gasteiger partial charge on any atom is -0.320 e. The number of aromatic nitrogens is 3. The Hall–Kier alpha value is -2.67. The Morgan fingerprint density at radius 3 is 2.81 bits per heavy atom. The molecular formula is C20H19F3N4. The molecule has 2 aromatic heterocycles. The van der Waals surface area contributed by atoms with Crippen LogP contribution in [0.2, 0.25) is 0 Å². The van der Waals surface area contributed by atoms with E-state index in [4.69, 9.17) is 0 Å². The summed E-state index contributed by atoms with van der Waals surface area (Å²) < 4.78 is 40.9. The number of nitrogens with zero attached hydrogens (tertiary/aromatic N) is 4.